The van der Waals surface area contributed by atoms with Crippen LogP contribution in [0.1, 0.15) is 42.2 Å². The van der Waals surface area contributed by atoms with E-state index in [-0.39, 0.29) is 23.6 Å². The maximum Gasteiger partial charge on any atom is 0.226 e. The van der Waals surface area contributed by atoms with Gasteiger partial charge in [-0.2, -0.15) is 5.10 Å². The molecule has 3 atom stereocenters. The Labute approximate surface area is 134 Å². The lowest BCUT2D eigenvalue weighted by molar-refractivity contribution is -0.133. The maximum atomic E-state index is 13.3. The number of H-pyrrole nitrogens is 1. The molecule has 2 heterocycles. The van der Waals surface area contributed by atoms with Crippen LogP contribution in [-0.2, 0) is 4.79 Å². The van der Waals surface area contributed by atoms with E-state index >= 15 is 0 Å². The molecule has 1 aliphatic heterocycles. The van der Waals surface area contributed by atoms with E-state index in [9.17, 15) is 9.18 Å². The molecule has 2 fully saturated rings. The molecule has 1 amide bonds. The van der Waals surface area contributed by atoms with Gasteiger partial charge >= 0.3 is 0 Å². The first-order valence-electron chi connectivity index (χ1n) is 8.25. The largest absolute Gasteiger partial charge is 0.342 e. The fourth-order valence-corrected chi connectivity index (χ4v) is 3.74. The van der Waals surface area contributed by atoms with Crippen molar-refractivity contribution in [3.63, 3.8) is 0 Å². The smallest absolute Gasteiger partial charge is 0.226 e. The molecule has 4 nitrogen and oxygen atoms in total. The van der Waals surface area contributed by atoms with Crippen molar-refractivity contribution in [2.75, 3.05) is 13.1 Å². The van der Waals surface area contributed by atoms with Gasteiger partial charge in [-0.15, -0.1) is 0 Å². The summed E-state index contributed by atoms with van der Waals surface area (Å²) in [6, 6.07) is 6.65. The van der Waals surface area contributed by atoms with Crippen LogP contribution >= 0.6 is 0 Å². The van der Waals surface area contributed by atoms with Crippen molar-refractivity contribution in [2.45, 2.75) is 31.1 Å². The summed E-state index contributed by atoms with van der Waals surface area (Å²) in [4.78, 5) is 14.7. The number of nitrogens with zero attached hydrogens (tertiary/aromatic N) is 2. The summed E-state index contributed by atoms with van der Waals surface area (Å²) in [6.45, 7) is 1.60. The lowest BCUT2D eigenvalue weighted by atomic mass is 9.92. The summed E-state index contributed by atoms with van der Waals surface area (Å²) < 4.78 is 13.3. The number of likely N-dealkylation sites (tertiary alicyclic amines) is 1. The maximum absolute atomic E-state index is 13.3. The Balaban J connectivity index is 1.42. The van der Waals surface area contributed by atoms with Crippen LogP contribution in [0.15, 0.2) is 36.7 Å². The molecule has 4 rings (SSSR count). The van der Waals surface area contributed by atoms with E-state index in [1.807, 2.05) is 23.4 Å². The highest BCUT2D eigenvalue weighted by atomic mass is 19.1. The van der Waals surface area contributed by atoms with Crippen LogP contribution in [0.2, 0.25) is 0 Å². The molecule has 2 aromatic rings. The van der Waals surface area contributed by atoms with Crippen molar-refractivity contribution in [1.82, 2.24) is 15.1 Å². The molecule has 0 radical (unpaired) electrons. The number of amides is 1. The third kappa shape index (κ3) is 2.87. The Morgan fingerprint density at radius 2 is 2.26 bits per heavy atom. The number of aromatic nitrogens is 2. The van der Waals surface area contributed by atoms with Gasteiger partial charge < -0.3 is 4.90 Å². The molecule has 1 N–H and O–H groups in total. The molecule has 2 aliphatic rings. The van der Waals surface area contributed by atoms with Crippen LogP contribution in [-0.4, -0.2) is 34.1 Å². The summed E-state index contributed by atoms with van der Waals surface area (Å²) in [5.74, 6) is 0.594. The number of nitrogens with one attached hydrogen (secondary N) is 1. The van der Waals surface area contributed by atoms with Crippen LogP contribution < -0.4 is 0 Å². The Morgan fingerprint density at radius 3 is 3.04 bits per heavy atom. The molecule has 1 saturated heterocycles. The molecule has 1 saturated carbocycles. The van der Waals surface area contributed by atoms with Gasteiger partial charge in [-0.3, -0.25) is 9.89 Å². The van der Waals surface area contributed by atoms with Gasteiger partial charge in [0, 0.05) is 31.1 Å². The summed E-state index contributed by atoms with van der Waals surface area (Å²) in [7, 11) is 0. The minimum atomic E-state index is -0.224. The van der Waals surface area contributed by atoms with E-state index in [1.54, 1.807) is 12.1 Å². The van der Waals surface area contributed by atoms with E-state index < -0.39 is 0 Å². The normalized spacial score (nSPS) is 27.0. The molecule has 5 heteroatoms. The van der Waals surface area contributed by atoms with Crippen molar-refractivity contribution in [3.05, 3.63) is 53.6 Å². The van der Waals surface area contributed by atoms with Crippen molar-refractivity contribution < 1.29 is 9.18 Å². The molecule has 0 spiro atoms. The van der Waals surface area contributed by atoms with E-state index in [4.69, 9.17) is 0 Å². The van der Waals surface area contributed by atoms with Gasteiger partial charge in [0.05, 0.1) is 6.20 Å². The highest BCUT2D eigenvalue weighted by Gasteiger charge is 2.46. The Bertz CT molecular complexity index is 700. The average molecular weight is 313 g/mol. The Hall–Kier alpha value is -2.17. The number of carbonyl (C=O) groups is 1. The third-order valence-electron chi connectivity index (χ3n) is 5.11. The second kappa shape index (κ2) is 5.80. The number of hydrogen-bond donors (Lipinski definition) is 1. The topological polar surface area (TPSA) is 49.0 Å². The van der Waals surface area contributed by atoms with Gasteiger partial charge in [0.15, 0.2) is 0 Å². The first-order valence-corrected chi connectivity index (χ1v) is 8.25. The van der Waals surface area contributed by atoms with Crippen LogP contribution in [0.4, 0.5) is 4.39 Å². The number of aromatic amines is 1. The van der Waals surface area contributed by atoms with Crippen molar-refractivity contribution in [2.24, 2.45) is 5.92 Å². The highest BCUT2D eigenvalue weighted by Crippen LogP contribution is 2.49. The van der Waals surface area contributed by atoms with E-state index in [0.29, 0.717) is 5.92 Å². The van der Waals surface area contributed by atoms with Crippen LogP contribution in [0, 0.1) is 11.7 Å². The predicted molar refractivity (Wildman–Crippen MR) is 84.4 cm³/mol. The van der Waals surface area contributed by atoms with Gasteiger partial charge in [0.2, 0.25) is 5.91 Å². The minimum absolute atomic E-state index is 0.0277. The van der Waals surface area contributed by atoms with Crippen LogP contribution in [0.3, 0.4) is 0 Å². The number of halogens is 1. The van der Waals surface area contributed by atoms with Gasteiger partial charge in [0.25, 0.3) is 0 Å². The van der Waals surface area contributed by atoms with Gasteiger partial charge in [-0.25, -0.2) is 4.39 Å². The van der Waals surface area contributed by atoms with Crippen LogP contribution in [0.25, 0.3) is 0 Å². The molecule has 1 aromatic heterocycles. The summed E-state index contributed by atoms with van der Waals surface area (Å²) in [5.41, 5.74) is 2.13. The van der Waals surface area contributed by atoms with Crippen molar-refractivity contribution in [3.8, 4) is 0 Å². The number of piperidine rings is 1. The highest BCUT2D eigenvalue weighted by molar-refractivity contribution is 5.83. The zero-order valence-corrected chi connectivity index (χ0v) is 12.9. The Kier molecular flexibility index (Phi) is 3.63. The van der Waals surface area contributed by atoms with Crippen molar-refractivity contribution in [1.29, 1.82) is 0 Å². The van der Waals surface area contributed by atoms with Gasteiger partial charge in [-0.1, -0.05) is 12.1 Å². The fraction of sp³-hybridized carbons (Fsp3) is 0.444. The Morgan fingerprint density at radius 1 is 1.35 bits per heavy atom. The molecule has 120 valence electrons. The first kappa shape index (κ1) is 14.4. The number of rotatable bonds is 3. The van der Waals surface area contributed by atoms with Gasteiger partial charge in [0.1, 0.15) is 5.82 Å². The molecular formula is C18H20FN3O. The predicted octanol–water partition coefficient (Wildman–Crippen LogP) is 3.06. The van der Waals surface area contributed by atoms with Crippen LogP contribution in [0.5, 0.6) is 0 Å². The first-order chi connectivity index (χ1) is 11.2. The van der Waals surface area contributed by atoms with E-state index in [1.165, 1.54) is 11.6 Å². The molecule has 0 unspecified atom stereocenters. The molecule has 0 bridgehead atoms. The summed E-state index contributed by atoms with van der Waals surface area (Å²) >= 11 is 0. The zero-order chi connectivity index (χ0) is 15.8. The number of benzene rings is 1. The zero-order valence-electron chi connectivity index (χ0n) is 12.9. The van der Waals surface area contributed by atoms with E-state index in [2.05, 4.69) is 10.2 Å². The minimum Gasteiger partial charge on any atom is -0.342 e. The standard InChI is InChI=1S/C18H20FN3O/c19-15-5-1-3-12(7-15)16-8-17(16)18(23)22-6-2-4-13(11-22)14-9-20-21-10-14/h1,3,5,7,9-10,13,16-17H,2,4,6,8,11H2,(H,20,21)/t13-,16+,17-/m1/s1. The summed E-state index contributed by atoms with van der Waals surface area (Å²) in [5, 5.41) is 6.86. The lowest BCUT2D eigenvalue weighted by Gasteiger charge is -2.32. The SMILES string of the molecule is O=C([C@@H]1C[C@H]1c1cccc(F)c1)N1CCC[C@@H](c2cn[nH]c2)C1. The number of carbonyl (C=O) groups excluding carboxylic acids is 1. The molecular weight excluding hydrogens is 293 g/mol. The number of hydrogen-bond acceptors (Lipinski definition) is 2. The fourth-order valence-electron chi connectivity index (χ4n) is 3.74. The average Bonchev–Trinajstić information content (AvgIpc) is 3.19. The van der Waals surface area contributed by atoms with Gasteiger partial charge in [-0.05, 0) is 48.4 Å². The quantitative estimate of drug-likeness (QED) is 0.947. The molecule has 23 heavy (non-hydrogen) atoms. The van der Waals surface area contributed by atoms with Crippen molar-refractivity contribution >= 4 is 5.91 Å². The van der Waals surface area contributed by atoms with E-state index in [0.717, 1.165) is 37.9 Å². The molecule has 1 aromatic carbocycles. The lowest BCUT2D eigenvalue weighted by Crippen LogP contribution is -2.40. The second-order valence-corrected chi connectivity index (χ2v) is 6.66. The third-order valence-corrected chi connectivity index (χ3v) is 5.11. The monoisotopic (exact) mass is 313 g/mol. The second-order valence-electron chi connectivity index (χ2n) is 6.66. The molecule has 1 aliphatic carbocycles. The summed E-state index contributed by atoms with van der Waals surface area (Å²) in [6.07, 6.45) is 6.74.